The van der Waals surface area contributed by atoms with Crippen LogP contribution in [0.3, 0.4) is 0 Å². The van der Waals surface area contributed by atoms with E-state index in [1.807, 2.05) is 25.1 Å². The molecule has 1 saturated heterocycles. The van der Waals surface area contributed by atoms with Crippen molar-refractivity contribution in [2.45, 2.75) is 37.0 Å². The monoisotopic (exact) mass is 369 g/mol. The van der Waals surface area contributed by atoms with Crippen LogP contribution in [0.1, 0.15) is 25.3 Å². The van der Waals surface area contributed by atoms with Crippen LogP contribution in [-0.4, -0.2) is 35.9 Å². The Hall–Kier alpha value is -2.67. The van der Waals surface area contributed by atoms with Crippen molar-refractivity contribution in [2.24, 2.45) is 10.7 Å². The van der Waals surface area contributed by atoms with Crippen LogP contribution in [0.2, 0.25) is 0 Å². The molecule has 27 heavy (non-hydrogen) atoms. The Morgan fingerprint density at radius 1 is 1.30 bits per heavy atom. The van der Waals surface area contributed by atoms with Crippen LogP contribution in [0.4, 0.5) is 4.39 Å². The zero-order chi connectivity index (χ0) is 18.6. The van der Waals surface area contributed by atoms with E-state index < -0.39 is 17.1 Å². The van der Waals surface area contributed by atoms with Crippen LogP contribution in [0.5, 0.6) is 5.75 Å². The largest absolute Gasteiger partial charge is 0.487 e. The molecule has 0 aliphatic carbocycles. The number of halogens is 1. The van der Waals surface area contributed by atoms with Gasteiger partial charge in [0, 0.05) is 23.9 Å². The molecule has 2 N–H and O–H groups in total. The van der Waals surface area contributed by atoms with Crippen LogP contribution < -0.4 is 10.5 Å². The highest BCUT2D eigenvalue weighted by molar-refractivity contribution is 5.76. The first-order valence-corrected chi connectivity index (χ1v) is 9.08. The van der Waals surface area contributed by atoms with Gasteiger partial charge in [-0.3, -0.25) is 0 Å². The maximum Gasteiger partial charge on any atom is 0.283 e. The van der Waals surface area contributed by atoms with Gasteiger partial charge in [0.25, 0.3) is 6.02 Å². The fourth-order valence-corrected chi connectivity index (χ4v) is 4.45. The van der Waals surface area contributed by atoms with E-state index in [2.05, 4.69) is 4.98 Å². The van der Waals surface area contributed by atoms with Gasteiger partial charge in [0.05, 0.1) is 0 Å². The highest BCUT2D eigenvalue weighted by Gasteiger charge is 2.63. The average Bonchev–Trinajstić information content (AvgIpc) is 3.07. The molecule has 3 aliphatic heterocycles. The molecule has 1 aromatic carbocycles. The van der Waals surface area contributed by atoms with E-state index in [1.165, 1.54) is 6.20 Å². The quantitative estimate of drug-likeness (QED) is 0.782. The molecule has 0 bridgehead atoms. The molecule has 3 unspecified atom stereocenters. The smallest absolute Gasteiger partial charge is 0.283 e. The minimum absolute atomic E-state index is 0.134. The van der Waals surface area contributed by atoms with Crippen molar-refractivity contribution in [1.82, 2.24) is 4.98 Å². The van der Waals surface area contributed by atoms with Crippen molar-refractivity contribution >= 4 is 6.02 Å². The lowest BCUT2D eigenvalue weighted by Crippen LogP contribution is -2.64. The van der Waals surface area contributed by atoms with Crippen LogP contribution in [0.25, 0.3) is 11.1 Å². The summed E-state index contributed by atoms with van der Waals surface area (Å²) in [5.74, 6) is 0.185. The highest BCUT2D eigenvalue weighted by Crippen LogP contribution is 2.54. The Labute approximate surface area is 156 Å². The Bertz CT molecular complexity index is 950. The molecule has 1 aromatic heterocycles. The van der Waals surface area contributed by atoms with Crippen LogP contribution in [-0.2, 0) is 15.0 Å². The van der Waals surface area contributed by atoms with Crippen molar-refractivity contribution < 1.29 is 18.6 Å². The number of amidine groups is 1. The predicted octanol–water partition coefficient (Wildman–Crippen LogP) is 2.76. The second-order valence-corrected chi connectivity index (χ2v) is 7.36. The maximum absolute atomic E-state index is 14.2. The van der Waals surface area contributed by atoms with Crippen molar-refractivity contribution in [2.75, 3.05) is 13.2 Å². The first-order chi connectivity index (χ1) is 13.0. The summed E-state index contributed by atoms with van der Waals surface area (Å²) in [7, 11) is 0. The standard InChI is InChI=1S/C20H20FN3O3/c1-19-16(5-3-9-26-19)27-15-7-6-12(13-4-2-8-23-17(13)21)10-14(15)20(19)11-25-18(22)24-20/h2,4,6-8,10,16H,3,5,9,11H2,1H3,(H2,22,24). The Morgan fingerprint density at radius 2 is 2.19 bits per heavy atom. The number of hydrogen-bond acceptors (Lipinski definition) is 6. The summed E-state index contributed by atoms with van der Waals surface area (Å²) in [5, 5.41) is 0. The van der Waals surface area contributed by atoms with E-state index in [0.717, 1.165) is 18.4 Å². The summed E-state index contributed by atoms with van der Waals surface area (Å²) in [6.07, 6.45) is 3.06. The van der Waals surface area contributed by atoms with Gasteiger partial charge in [-0.25, -0.2) is 9.98 Å². The van der Waals surface area contributed by atoms with Crippen LogP contribution in [0, 0.1) is 5.95 Å². The molecule has 4 heterocycles. The number of rotatable bonds is 1. The van der Waals surface area contributed by atoms with Gasteiger partial charge in [0.15, 0.2) is 5.54 Å². The molecule has 1 spiro atoms. The summed E-state index contributed by atoms with van der Waals surface area (Å²) in [4.78, 5) is 8.44. The molecular weight excluding hydrogens is 349 g/mol. The highest BCUT2D eigenvalue weighted by atomic mass is 19.1. The lowest BCUT2D eigenvalue weighted by Gasteiger charge is -2.53. The van der Waals surface area contributed by atoms with Crippen LogP contribution in [0.15, 0.2) is 41.5 Å². The van der Waals surface area contributed by atoms with Crippen LogP contribution >= 0.6 is 0 Å². The van der Waals surface area contributed by atoms with Crippen molar-refractivity contribution in [3.05, 3.63) is 48.0 Å². The summed E-state index contributed by atoms with van der Waals surface area (Å²) in [6.45, 7) is 2.89. The summed E-state index contributed by atoms with van der Waals surface area (Å²) in [5.41, 5.74) is 6.28. The molecule has 3 aliphatic rings. The lowest BCUT2D eigenvalue weighted by atomic mass is 9.69. The van der Waals surface area contributed by atoms with E-state index in [0.29, 0.717) is 23.5 Å². The van der Waals surface area contributed by atoms with Gasteiger partial charge in [-0.05, 0) is 49.6 Å². The molecule has 0 saturated carbocycles. The molecule has 1 fully saturated rings. The topological polar surface area (TPSA) is 79.0 Å². The number of ether oxygens (including phenoxy) is 3. The van der Waals surface area contributed by atoms with Crippen molar-refractivity contribution in [1.29, 1.82) is 0 Å². The lowest BCUT2D eigenvalue weighted by molar-refractivity contribution is -0.188. The van der Waals surface area contributed by atoms with Gasteiger partial charge in [0.1, 0.15) is 24.1 Å². The summed E-state index contributed by atoms with van der Waals surface area (Å²) < 4.78 is 32.3. The summed E-state index contributed by atoms with van der Waals surface area (Å²) >= 11 is 0. The Morgan fingerprint density at radius 3 is 2.96 bits per heavy atom. The maximum atomic E-state index is 14.2. The number of fused-ring (bicyclic) bond motifs is 4. The van der Waals surface area contributed by atoms with E-state index in [1.54, 1.807) is 12.1 Å². The van der Waals surface area contributed by atoms with E-state index in [4.69, 9.17) is 24.9 Å². The Kier molecular flexibility index (Phi) is 3.46. The van der Waals surface area contributed by atoms with E-state index >= 15 is 0 Å². The minimum atomic E-state index is -0.829. The molecule has 5 rings (SSSR count). The van der Waals surface area contributed by atoms with Gasteiger partial charge in [-0.1, -0.05) is 6.07 Å². The number of benzene rings is 1. The molecule has 0 radical (unpaired) electrons. The fraction of sp³-hybridized carbons (Fsp3) is 0.400. The van der Waals surface area contributed by atoms with Crippen molar-refractivity contribution in [3.8, 4) is 16.9 Å². The summed E-state index contributed by atoms with van der Waals surface area (Å²) in [6, 6.07) is 9.12. The molecule has 7 heteroatoms. The third kappa shape index (κ3) is 2.21. The second-order valence-electron chi connectivity index (χ2n) is 7.36. The van der Waals surface area contributed by atoms with E-state index in [9.17, 15) is 4.39 Å². The fourth-order valence-electron chi connectivity index (χ4n) is 4.45. The van der Waals surface area contributed by atoms with Gasteiger partial charge < -0.3 is 19.9 Å². The van der Waals surface area contributed by atoms with Gasteiger partial charge in [-0.15, -0.1) is 0 Å². The minimum Gasteiger partial charge on any atom is -0.487 e. The number of hydrogen-bond donors (Lipinski definition) is 1. The SMILES string of the molecule is CC12OCCCC1Oc1ccc(-c3cccnc3F)cc1C21COC(N)=N1. The van der Waals surface area contributed by atoms with Gasteiger partial charge in [0.2, 0.25) is 5.95 Å². The van der Waals surface area contributed by atoms with E-state index in [-0.39, 0.29) is 18.7 Å². The zero-order valence-electron chi connectivity index (χ0n) is 14.9. The second kappa shape index (κ2) is 5.66. The number of nitrogens with two attached hydrogens (primary N) is 1. The number of aromatic nitrogens is 1. The van der Waals surface area contributed by atoms with Gasteiger partial charge >= 0.3 is 0 Å². The molecule has 0 amide bonds. The first kappa shape index (κ1) is 16.5. The Balaban J connectivity index is 1.73. The molecule has 3 atom stereocenters. The molecule has 6 nitrogen and oxygen atoms in total. The van der Waals surface area contributed by atoms with Gasteiger partial charge in [-0.2, -0.15) is 4.39 Å². The first-order valence-electron chi connectivity index (χ1n) is 9.08. The zero-order valence-corrected chi connectivity index (χ0v) is 14.9. The third-order valence-electron chi connectivity index (χ3n) is 5.94. The number of nitrogens with zero attached hydrogens (tertiary/aromatic N) is 2. The number of aliphatic imine (C=N–C) groups is 1. The average molecular weight is 369 g/mol. The molecule has 140 valence electrons. The number of pyridine rings is 1. The van der Waals surface area contributed by atoms with Crippen molar-refractivity contribution in [3.63, 3.8) is 0 Å². The molecular formula is C20H20FN3O3. The normalized spacial score (nSPS) is 31.5. The molecule has 2 aromatic rings. The third-order valence-corrected chi connectivity index (χ3v) is 5.94. The predicted molar refractivity (Wildman–Crippen MR) is 96.9 cm³/mol.